The Balaban J connectivity index is 1.47. The largest absolute Gasteiger partial charge is 0.367 e. The summed E-state index contributed by atoms with van der Waals surface area (Å²) in [5.41, 5.74) is -0.0748. The van der Waals surface area contributed by atoms with E-state index in [1.807, 2.05) is 13.8 Å². The summed E-state index contributed by atoms with van der Waals surface area (Å²) in [6, 6.07) is 1.27. The number of aromatic amines is 1. The second-order valence-electron chi connectivity index (χ2n) is 8.80. The standard InChI is InChI=1S/C22H23FN6O5/c1-10(2)18-25-19(27-26-18)14-9-28(7-8-34-14)17-12(23)4-3-11-16(17)22(33)29(21(11)32)13-5-6-15(30)24-20(13)31/h3-4,10,13-14H,5-9H2,1-2H3,(H,24,30,31)(H,25,26,27). The number of aromatic nitrogens is 3. The molecule has 2 N–H and O–H groups in total. The van der Waals surface area contributed by atoms with Crippen LogP contribution in [0.3, 0.4) is 0 Å². The maximum atomic E-state index is 15.1. The van der Waals surface area contributed by atoms with Crippen LogP contribution in [0.5, 0.6) is 0 Å². The number of carbonyl (C=O) groups is 4. The normalized spacial score (nSPS) is 23.1. The summed E-state index contributed by atoms with van der Waals surface area (Å²) in [5, 5.41) is 9.20. The smallest absolute Gasteiger partial charge is 0.264 e. The predicted molar refractivity (Wildman–Crippen MR) is 114 cm³/mol. The number of morpholine rings is 1. The van der Waals surface area contributed by atoms with Crippen molar-refractivity contribution in [3.05, 3.63) is 40.7 Å². The molecule has 12 heteroatoms. The second-order valence-corrected chi connectivity index (χ2v) is 8.80. The van der Waals surface area contributed by atoms with Gasteiger partial charge in [-0.1, -0.05) is 13.8 Å². The molecule has 5 rings (SSSR count). The number of hydrogen-bond donors (Lipinski definition) is 2. The van der Waals surface area contributed by atoms with Gasteiger partial charge in [0.2, 0.25) is 11.8 Å². The molecule has 0 radical (unpaired) electrons. The Hall–Kier alpha value is -3.67. The van der Waals surface area contributed by atoms with E-state index < -0.39 is 41.6 Å². The number of rotatable bonds is 4. The lowest BCUT2D eigenvalue weighted by molar-refractivity contribution is -0.136. The minimum atomic E-state index is -1.12. The first-order valence-corrected chi connectivity index (χ1v) is 11.1. The number of hydrogen-bond acceptors (Lipinski definition) is 8. The number of imide groups is 2. The van der Waals surface area contributed by atoms with Gasteiger partial charge >= 0.3 is 0 Å². The summed E-state index contributed by atoms with van der Waals surface area (Å²) in [6.07, 6.45) is -0.509. The van der Waals surface area contributed by atoms with Crippen LogP contribution in [-0.2, 0) is 14.3 Å². The molecule has 1 aromatic carbocycles. The molecule has 2 unspecified atom stereocenters. The molecule has 2 aromatic rings. The number of fused-ring (bicyclic) bond motifs is 1. The predicted octanol–water partition coefficient (Wildman–Crippen LogP) is 1.05. The van der Waals surface area contributed by atoms with Crippen LogP contribution in [0.15, 0.2) is 12.1 Å². The Morgan fingerprint density at radius 2 is 1.97 bits per heavy atom. The van der Waals surface area contributed by atoms with Gasteiger partial charge in [-0.05, 0) is 18.6 Å². The summed E-state index contributed by atoms with van der Waals surface area (Å²) in [6.45, 7) is 4.63. The van der Waals surface area contributed by atoms with Crippen LogP contribution in [0.25, 0.3) is 0 Å². The zero-order chi connectivity index (χ0) is 24.1. The zero-order valence-corrected chi connectivity index (χ0v) is 18.6. The number of halogens is 1. The molecule has 3 aliphatic heterocycles. The lowest BCUT2D eigenvalue weighted by Crippen LogP contribution is -2.54. The molecule has 34 heavy (non-hydrogen) atoms. The van der Waals surface area contributed by atoms with Gasteiger partial charge < -0.3 is 9.64 Å². The summed E-state index contributed by atoms with van der Waals surface area (Å²) in [4.78, 5) is 57.2. The van der Waals surface area contributed by atoms with E-state index >= 15 is 4.39 Å². The van der Waals surface area contributed by atoms with E-state index in [0.29, 0.717) is 11.6 Å². The van der Waals surface area contributed by atoms with Gasteiger partial charge in [0.15, 0.2) is 11.6 Å². The average Bonchev–Trinajstić information content (AvgIpc) is 3.39. The van der Waals surface area contributed by atoms with Crippen LogP contribution in [0.2, 0.25) is 0 Å². The minimum absolute atomic E-state index is 0.00568. The molecule has 2 saturated heterocycles. The Kier molecular flexibility index (Phi) is 5.39. The zero-order valence-electron chi connectivity index (χ0n) is 18.6. The van der Waals surface area contributed by atoms with Crippen LogP contribution in [-0.4, -0.2) is 69.4 Å². The highest BCUT2D eigenvalue weighted by Gasteiger charge is 2.47. The lowest BCUT2D eigenvalue weighted by atomic mass is 10.0. The molecule has 1 aromatic heterocycles. The van der Waals surface area contributed by atoms with Gasteiger partial charge in [0.25, 0.3) is 11.8 Å². The van der Waals surface area contributed by atoms with E-state index in [9.17, 15) is 19.2 Å². The molecule has 0 spiro atoms. The van der Waals surface area contributed by atoms with E-state index in [4.69, 9.17) is 4.74 Å². The monoisotopic (exact) mass is 470 g/mol. The molecule has 178 valence electrons. The van der Waals surface area contributed by atoms with Gasteiger partial charge in [0.05, 0.1) is 30.0 Å². The minimum Gasteiger partial charge on any atom is -0.367 e. The molecule has 0 aliphatic carbocycles. The first-order chi connectivity index (χ1) is 16.3. The summed E-state index contributed by atoms with van der Waals surface area (Å²) in [5.74, 6) is -2.04. The maximum Gasteiger partial charge on any atom is 0.264 e. The van der Waals surface area contributed by atoms with E-state index in [1.54, 1.807) is 4.90 Å². The molecule has 3 aliphatic rings. The number of piperidine rings is 1. The third kappa shape index (κ3) is 3.54. The number of ether oxygens (including phenoxy) is 1. The Labute approximate surface area is 193 Å². The number of amides is 4. The van der Waals surface area contributed by atoms with Crippen molar-refractivity contribution in [2.75, 3.05) is 24.6 Å². The van der Waals surface area contributed by atoms with Gasteiger partial charge in [-0.25, -0.2) is 9.37 Å². The number of anilines is 1. The Morgan fingerprint density at radius 1 is 1.18 bits per heavy atom. The van der Waals surface area contributed by atoms with Crippen molar-refractivity contribution in [3.8, 4) is 0 Å². The third-order valence-electron chi connectivity index (χ3n) is 6.26. The van der Waals surface area contributed by atoms with Crippen molar-refractivity contribution in [2.24, 2.45) is 0 Å². The maximum absolute atomic E-state index is 15.1. The lowest BCUT2D eigenvalue weighted by Gasteiger charge is -2.34. The number of carbonyl (C=O) groups excluding carboxylic acids is 4. The second kappa shape index (κ2) is 8.28. The van der Waals surface area contributed by atoms with Crippen molar-refractivity contribution in [1.29, 1.82) is 0 Å². The van der Waals surface area contributed by atoms with Crippen LogP contribution < -0.4 is 10.2 Å². The molecule has 4 heterocycles. The number of benzene rings is 1. The van der Waals surface area contributed by atoms with Crippen LogP contribution >= 0.6 is 0 Å². The van der Waals surface area contributed by atoms with E-state index in [1.165, 1.54) is 6.07 Å². The Morgan fingerprint density at radius 3 is 2.68 bits per heavy atom. The van der Waals surface area contributed by atoms with Gasteiger partial charge in [-0.3, -0.25) is 34.5 Å². The fourth-order valence-electron chi connectivity index (χ4n) is 4.53. The molecule has 0 saturated carbocycles. The topological polar surface area (TPSA) is 138 Å². The molecular weight excluding hydrogens is 447 g/mol. The summed E-state index contributed by atoms with van der Waals surface area (Å²) >= 11 is 0. The quantitative estimate of drug-likeness (QED) is 0.633. The Bertz CT molecular complexity index is 1210. The first-order valence-electron chi connectivity index (χ1n) is 11.1. The third-order valence-corrected chi connectivity index (χ3v) is 6.26. The molecule has 0 bridgehead atoms. The summed E-state index contributed by atoms with van der Waals surface area (Å²) in [7, 11) is 0. The number of H-pyrrole nitrogens is 1. The molecule has 4 amide bonds. The van der Waals surface area contributed by atoms with Crippen molar-refractivity contribution < 1.29 is 28.3 Å². The van der Waals surface area contributed by atoms with Crippen molar-refractivity contribution in [3.63, 3.8) is 0 Å². The van der Waals surface area contributed by atoms with Gasteiger partial charge in [-0.2, -0.15) is 5.10 Å². The van der Waals surface area contributed by atoms with Crippen molar-refractivity contribution >= 4 is 29.3 Å². The molecular formula is C22H23FN6O5. The van der Waals surface area contributed by atoms with E-state index in [2.05, 4.69) is 20.5 Å². The van der Waals surface area contributed by atoms with Crippen molar-refractivity contribution in [2.45, 2.75) is 44.8 Å². The molecule has 11 nitrogen and oxygen atoms in total. The van der Waals surface area contributed by atoms with Gasteiger partial charge in [0.1, 0.15) is 18.0 Å². The van der Waals surface area contributed by atoms with Crippen LogP contribution in [0.1, 0.15) is 71.1 Å². The summed E-state index contributed by atoms with van der Waals surface area (Å²) < 4.78 is 21.0. The van der Waals surface area contributed by atoms with E-state index in [-0.39, 0.29) is 55.3 Å². The highest BCUT2D eigenvalue weighted by molar-refractivity contribution is 6.25. The van der Waals surface area contributed by atoms with Gasteiger partial charge in [-0.15, -0.1) is 0 Å². The number of nitrogens with zero attached hydrogens (tertiary/aromatic N) is 4. The van der Waals surface area contributed by atoms with Crippen LogP contribution in [0, 0.1) is 5.82 Å². The average molecular weight is 470 g/mol. The van der Waals surface area contributed by atoms with Crippen LogP contribution in [0.4, 0.5) is 10.1 Å². The first kappa shape index (κ1) is 22.1. The highest BCUT2D eigenvalue weighted by Crippen LogP contribution is 2.37. The highest BCUT2D eigenvalue weighted by atomic mass is 19.1. The molecule has 2 fully saturated rings. The fourth-order valence-corrected chi connectivity index (χ4v) is 4.53. The SMILES string of the molecule is CC(C)c1n[nH]c(C2CN(c3c(F)ccc4c3C(=O)N(C3CCC(=O)NC3=O)C4=O)CCO2)n1. The molecule has 2 atom stereocenters. The van der Waals surface area contributed by atoms with Gasteiger partial charge in [0, 0.05) is 18.9 Å². The van der Waals surface area contributed by atoms with E-state index in [0.717, 1.165) is 11.0 Å². The fraction of sp³-hybridized carbons (Fsp3) is 0.455. The number of nitrogens with one attached hydrogen (secondary N) is 2. The van der Waals surface area contributed by atoms with Crippen molar-refractivity contribution in [1.82, 2.24) is 25.4 Å².